The molecule has 7 nitrogen and oxygen atoms in total. The van der Waals surface area contributed by atoms with Gasteiger partial charge in [-0.3, -0.25) is 25.0 Å². The van der Waals surface area contributed by atoms with Gasteiger partial charge in [-0.1, -0.05) is 30.3 Å². The van der Waals surface area contributed by atoms with E-state index in [0.29, 0.717) is 29.0 Å². The van der Waals surface area contributed by atoms with Gasteiger partial charge in [-0.15, -0.1) is 0 Å². The maximum absolute atomic E-state index is 12.9. The van der Waals surface area contributed by atoms with Gasteiger partial charge in [0.05, 0.1) is 16.5 Å². The third-order valence-corrected chi connectivity index (χ3v) is 5.16. The van der Waals surface area contributed by atoms with Crippen LogP contribution in [0.4, 0.5) is 5.95 Å². The van der Waals surface area contributed by atoms with Gasteiger partial charge in [-0.05, 0) is 51.1 Å². The second kappa shape index (κ2) is 7.87. The van der Waals surface area contributed by atoms with E-state index in [1.807, 2.05) is 73.9 Å². The summed E-state index contributed by atoms with van der Waals surface area (Å²) < 4.78 is 3.53. The SMILES string of the molecule is CCn1c(NNC(=O)c2cc(C)n(-c3ccccc3)c2C)nc2ccccc2c1=O. The highest BCUT2D eigenvalue weighted by atomic mass is 16.2. The Kier molecular flexibility index (Phi) is 5.10. The van der Waals surface area contributed by atoms with Crippen LogP contribution < -0.4 is 16.4 Å². The maximum atomic E-state index is 12.9. The van der Waals surface area contributed by atoms with Gasteiger partial charge in [0.1, 0.15) is 0 Å². The van der Waals surface area contributed by atoms with E-state index in [2.05, 4.69) is 15.8 Å². The Balaban J connectivity index is 1.63. The lowest BCUT2D eigenvalue weighted by Crippen LogP contribution is -2.34. The number of aryl methyl sites for hydroxylation is 1. The standard InChI is InChI=1S/C23H23N5O2/c1-4-27-22(30)18-12-8-9-13-20(18)24-23(27)26-25-21(29)19-14-15(2)28(16(19)3)17-10-6-5-7-11-17/h5-14H,4H2,1-3H3,(H,24,26)(H,25,29). The summed E-state index contributed by atoms with van der Waals surface area (Å²) in [7, 11) is 0. The Morgan fingerprint density at radius 1 is 1.03 bits per heavy atom. The number of carbonyl (C=O) groups is 1. The summed E-state index contributed by atoms with van der Waals surface area (Å²) in [6.45, 7) is 6.16. The molecule has 152 valence electrons. The molecule has 0 saturated heterocycles. The highest BCUT2D eigenvalue weighted by molar-refractivity contribution is 5.96. The normalized spacial score (nSPS) is 10.9. The van der Waals surface area contributed by atoms with Gasteiger partial charge in [0.2, 0.25) is 5.95 Å². The summed E-state index contributed by atoms with van der Waals surface area (Å²) in [6, 6.07) is 18.9. The van der Waals surface area contributed by atoms with Crippen LogP contribution in [0, 0.1) is 13.8 Å². The number of hydrogen-bond acceptors (Lipinski definition) is 4. The minimum atomic E-state index is -0.296. The molecule has 0 aliphatic rings. The van der Waals surface area contributed by atoms with Gasteiger partial charge in [-0.2, -0.15) is 0 Å². The van der Waals surface area contributed by atoms with Crippen LogP contribution >= 0.6 is 0 Å². The quantitative estimate of drug-likeness (QED) is 0.501. The number of nitrogens with zero attached hydrogens (tertiary/aromatic N) is 3. The van der Waals surface area contributed by atoms with Crippen molar-refractivity contribution in [1.82, 2.24) is 19.5 Å². The van der Waals surface area contributed by atoms with Gasteiger partial charge in [0, 0.05) is 23.6 Å². The van der Waals surface area contributed by atoms with Crippen molar-refractivity contribution in [2.45, 2.75) is 27.3 Å². The number of hydrogen-bond donors (Lipinski definition) is 2. The highest BCUT2D eigenvalue weighted by Crippen LogP contribution is 2.20. The molecular weight excluding hydrogens is 378 g/mol. The first kappa shape index (κ1) is 19.4. The van der Waals surface area contributed by atoms with Crippen LogP contribution in [0.15, 0.2) is 65.5 Å². The van der Waals surface area contributed by atoms with Crippen LogP contribution in [-0.2, 0) is 6.54 Å². The number of fused-ring (bicyclic) bond motifs is 1. The predicted octanol–water partition coefficient (Wildman–Crippen LogP) is 3.58. The van der Waals surface area contributed by atoms with Crippen molar-refractivity contribution in [3.05, 3.63) is 88.0 Å². The molecule has 0 unspecified atom stereocenters. The smallest absolute Gasteiger partial charge is 0.271 e. The average molecular weight is 401 g/mol. The second-order valence-corrected chi connectivity index (χ2v) is 7.04. The first-order valence-electron chi connectivity index (χ1n) is 9.81. The number of carbonyl (C=O) groups excluding carboxylic acids is 1. The topological polar surface area (TPSA) is 81.0 Å². The summed E-state index contributed by atoms with van der Waals surface area (Å²) in [5, 5.41) is 0.544. The molecule has 1 amide bonds. The molecule has 0 fully saturated rings. The summed E-state index contributed by atoms with van der Waals surface area (Å²) in [4.78, 5) is 30.1. The third-order valence-electron chi connectivity index (χ3n) is 5.16. The lowest BCUT2D eigenvalue weighted by atomic mass is 10.2. The van der Waals surface area contributed by atoms with E-state index in [1.54, 1.807) is 12.1 Å². The van der Waals surface area contributed by atoms with E-state index < -0.39 is 0 Å². The molecule has 0 radical (unpaired) electrons. The highest BCUT2D eigenvalue weighted by Gasteiger charge is 2.17. The molecule has 2 aromatic heterocycles. The number of amides is 1. The second-order valence-electron chi connectivity index (χ2n) is 7.04. The fourth-order valence-electron chi connectivity index (χ4n) is 3.70. The monoisotopic (exact) mass is 401 g/mol. The first-order chi connectivity index (χ1) is 14.5. The minimum absolute atomic E-state index is 0.151. The molecule has 0 aliphatic carbocycles. The zero-order chi connectivity index (χ0) is 21.3. The molecule has 4 aromatic rings. The zero-order valence-corrected chi connectivity index (χ0v) is 17.1. The molecule has 0 saturated carbocycles. The van der Waals surface area contributed by atoms with Crippen LogP contribution in [0.5, 0.6) is 0 Å². The van der Waals surface area contributed by atoms with Gasteiger partial charge in [0.25, 0.3) is 11.5 Å². The lowest BCUT2D eigenvalue weighted by Gasteiger charge is -2.14. The van der Waals surface area contributed by atoms with Crippen LogP contribution in [0.25, 0.3) is 16.6 Å². The van der Waals surface area contributed by atoms with E-state index in [9.17, 15) is 9.59 Å². The van der Waals surface area contributed by atoms with Crippen LogP contribution in [0.2, 0.25) is 0 Å². The van der Waals surface area contributed by atoms with Crippen molar-refractivity contribution in [2.24, 2.45) is 0 Å². The van der Waals surface area contributed by atoms with E-state index in [-0.39, 0.29) is 11.5 Å². The Hall–Kier alpha value is -3.87. The molecule has 2 N–H and O–H groups in total. The first-order valence-corrected chi connectivity index (χ1v) is 9.81. The van der Waals surface area contributed by atoms with Gasteiger partial charge < -0.3 is 4.57 Å². The summed E-state index contributed by atoms with van der Waals surface area (Å²) in [6.07, 6.45) is 0. The molecule has 2 heterocycles. The molecule has 0 aliphatic heterocycles. The number of anilines is 1. The van der Waals surface area contributed by atoms with Gasteiger partial charge >= 0.3 is 0 Å². The van der Waals surface area contributed by atoms with Crippen molar-refractivity contribution in [3.8, 4) is 5.69 Å². The van der Waals surface area contributed by atoms with Crippen molar-refractivity contribution < 1.29 is 4.79 Å². The van der Waals surface area contributed by atoms with Gasteiger partial charge in [-0.25, -0.2) is 4.98 Å². The number of benzene rings is 2. The fourth-order valence-corrected chi connectivity index (χ4v) is 3.70. The van der Waals surface area contributed by atoms with E-state index in [4.69, 9.17) is 0 Å². The predicted molar refractivity (Wildman–Crippen MR) is 118 cm³/mol. The number of para-hydroxylation sites is 2. The molecular formula is C23H23N5O2. The van der Waals surface area contributed by atoms with Crippen LogP contribution in [0.1, 0.15) is 28.7 Å². The molecule has 4 rings (SSSR count). The molecule has 0 spiro atoms. The average Bonchev–Trinajstić information content (AvgIpc) is 3.06. The maximum Gasteiger partial charge on any atom is 0.271 e. The Morgan fingerprint density at radius 3 is 2.47 bits per heavy atom. The summed E-state index contributed by atoms with van der Waals surface area (Å²) >= 11 is 0. The third kappa shape index (κ3) is 3.34. The van der Waals surface area contributed by atoms with Crippen molar-refractivity contribution in [1.29, 1.82) is 0 Å². The van der Waals surface area contributed by atoms with Crippen molar-refractivity contribution >= 4 is 22.8 Å². The fraction of sp³-hybridized carbons (Fsp3) is 0.174. The largest absolute Gasteiger partial charge is 0.318 e. The lowest BCUT2D eigenvalue weighted by molar-refractivity contribution is 0.0961. The number of nitrogens with one attached hydrogen (secondary N) is 2. The van der Waals surface area contributed by atoms with Crippen LogP contribution in [-0.4, -0.2) is 20.0 Å². The van der Waals surface area contributed by atoms with E-state index >= 15 is 0 Å². The number of aromatic nitrogens is 3. The minimum Gasteiger partial charge on any atom is -0.318 e. The van der Waals surface area contributed by atoms with E-state index in [1.165, 1.54) is 4.57 Å². The molecule has 2 aromatic carbocycles. The molecule has 0 atom stereocenters. The van der Waals surface area contributed by atoms with E-state index in [0.717, 1.165) is 17.1 Å². The summed E-state index contributed by atoms with van der Waals surface area (Å²) in [5.74, 6) is 0.00163. The Bertz CT molecular complexity index is 1290. The molecule has 30 heavy (non-hydrogen) atoms. The zero-order valence-electron chi connectivity index (χ0n) is 17.1. The van der Waals surface area contributed by atoms with Gasteiger partial charge in [0.15, 0.2) is 0 Å². The van der Waals surface area contributed by atoms with Crippen LogP contribution in [0.3, 0.4) is 0 Å². The number of hydrazine groups is 1. The molecule has 0 bridgehead atoms. The Labute approximate surface area is 174 Å². The molecule has 7 heteroatoms. The Morgan fingerprint density at radius 2 is 1.73 bits per heavy atom. The number of rotatable bonds is 5. The summed E-state index contributed by atoms with van der Waals surface area (Å²) in [5.41, 5.74) is 9.28. The van der Waals surface area contributed by atoms with Crippen molar-refractivity contribution in [3.63, 3.8) is 0 Å². The van der Waals surface area contributed by atoms with Crippen molar-refractivity contribution in [2.75, 3.05) is 5.43 Å².